The summed E-state index contributed by atoms with van der Waals surface area (Å²) in [6.07, 6.45) is 1.62. The van der Waals surface area contributed by atoms with Gasteiger partial charge in [-0.1, -0.05) is 12.1 Å². The molecular formula is C21H14FN3O4S. The summed E-state index contributed by atoms with van der Waals surface area (Å²) >= 11 is 1.31. The molecule has 1 amide bonds. The van der Waals surface area contributed by atoms with Crippen molar-refractivity contribution in [3.05, 3.63) is 99.2 Å². The lowest BCUT2D eigenvalue weighted by molar-refractivity contribution is 0.0467. The molecule has 0 saturated carbocycles. The van der Waals surface area contributed by atoms with Crippen molar-refractivity contribution in [2.45, 2.75) is 6.61 Å². The number of aromatic nitrogens is 2. The van der Waals surface area contributed by atoms with Crippen LogP contribution in [0.15, 0.2) is 71.0 Å². The van der Waals surface area contributed by atoms with Gasteiger partial charge in [0.1, 0.15) is 12.4 Å². The van der Waals surface area contributed by atoms with E-state index in [0.29, 0.717) is 16.3 Å². The first kappa shape index (κ1) is 19.5. The van der Waals surface area contributed by atoms with Crippen molar-refractivity contribution in [3.63, 3.8) is 0 Å². The van der Waals surface area contributed by atoms with Gasteiger partial charge in [-0.25, -0.2) is 14.2 Å². The van der Waals surface area contributed by atoms with Crippen molar-refractivity contribution in [2.24, 2.45) is 0 Å². The molecule has 7 nitrogen and oxygen atoms in total. The molecule has 1 N–H and O–H groups in total. The monoisotopic (exact) mass is 423 g/mol. The molecule has 0 aliphatic heterocycles. The summed E-state index contributed by atoms with van der Waals surface area (Å²) < 4.78 is 20.3. The minimum atomic E-state index is -0.621. The molecule has 9 heteroatoms. The van der Waals surface area contributed by atoms with Gasteiger partial charge >= 0.3 is 5.97 Å². The number of halogens is 1. The van der Waals surface area contributed by atoms with Gasteiger partial charge in [0.15, 0.2) is 4.96 Å². The van der Waals surface area contributed by atoms with Gasteiger partial charge in [0.05, 0.1) is 16.8 Å². The fourth-order valence-electron chi connectivity index (χ4n) is 2.72. The summed E-state index contributed by atoms with van der Waals surface area (Å²) in [6.45, 7) is -0.145. The number of hydrogen-bond donors (Lipinski definition) is 1. The molecule has 4 aromatic rings. The Morgan fingerprint density at radius 1 is 1.13 bits per heavy atom. The highest BCUT2D eigenvalue weighted by Gasteiger charge is 2.13. The van der Waals surface area contributed by atoms with E-state index in [1.165, 1.54) is 64.3 Å². The first-order valence-electron chi connectivity index (χ1n) is 8.80. The molecule has 0 radical (unpaired) electrons. The molecule has 0 saturated heterocycles. The number of nitrogens with one attached hydrogen (secondary N) is 1. The first-order valence-corrected chi connectivity index (χ1v) is 9.68. The third-order valence-corrected chi connectivity index (χ3v) is 4.96. The minimum absolute atomic E-state index is 0.0768. The van der Waals surface area contributed by atoms with Gasteiger partial charge in [-0.3, -0.25) is 14.0 Å². The van der Waals surface area contributed by atoms with Crippen LogP contribution in [0, 0.1) is 5.82 Å². The fourth-order valence-corrected chi connectivity index (χ4v) is 3.46. The van der Waals surface area contributed by atoms with Crippen molar-refractivity contribution < 1.29 is 18.7 Å². The highest BCUT2D eigenvalue weighted by molar-refractivity contribution is 7.15. The van der Waals surface area contributed by atoms with Gasteiger partial charge in [-0.05, 0) is 36.4 Å². The molecule has 2 heterocycles. The second kappa shape index (κ2) is 8.26. The summed E-state index contributed by atoms with van der Waals surface area (Å²) in [7, 11) is 0. The Hall–Kier alpha value is -3.85. The van der Waals surface area contributed by atoms with Gasteiger partial charge in [0.25, 0.3) is 11.5 Å². The standard InChI is InChI=1S/C21H14FN3O4S/c22-17-4-2-1-3-16(17)19(27)23-14-7-5-13(6-8-14)20(28)29-12-15-11-18(26)25-9-10-30-21(25)24-15/h1-11H,12H2,(H,23,27). The number of fused-ring (bicyclic) bond motifs is 1. The van der Waals surface area contributed by atoms with Crippen LogP contribution in [0.1, 0.15) is 26.4 Å². The van der Waals surface area contributed by atoms with Crippen LogP contribution in [-0.4, -0.2) is 21.3 Å². The topological polar surface area (TPSA) is 89.8 Å². The lowest BCUT2D eigenvalue weighted by Gasteiger charge is -2.08. The van der Waals surface area contributed by atoms with E-state index in [1.54, 1.807) is 17.6 Å². The van der Waals surface area contributed by atoms with Crippen LogP contribution in [0.5, 0.6) is 0 Å². The van der Waals surface area contributed by atoms with E-state index in [4.69, 9.17) is 4.74 Å². The number of esters is 1. The third kappa shape index (κ3) is 4.11. The molecule has 2 aromatic heterocycles. The molecule has 0 spiro atoms. The number of thiazole rings is 1. The van der Waals surface area contributed by atoms with E-state index in [1.807, 2.05) is 0 Å². The number of ether oxygens (including phenoxy) is 1. The fraction of sp³-hybridized carbons (Fsp3) is 0.0476. The quantitative estimate of drug-likeness (QED) is 0.496. The van der Waals surface area contributed by atoms with Crippen LogP contribution in [0.2, 0.25) is 0 Å². The summed E-state index contributed by atoms with van der Waals surface area (Å²) in [4.78, 5) is 41.1. The van der Waals surface area contributed by atoms with Crippen LogP contribution in [-0.2, 0) is 11.3 Å². The summed E-state index contributed by atoms with van der Waals surface area (Å²) in [5, 5.41) is 4.31. The van der Waals surface area contributed by atoms with Crippen molar-refractivity contribution in [1.29, 1.82) is 0 Å². The Balaban J connectivity index is 1.39. The second-order valence-electron chi connectivity index (χ2n) is 6.23. The smallest absolute Gasteiger partial charge is 0.338 e. The molecule has 0 aliphatic rings. The van der Waals surface area contributed by atoms with E-state index in [-0.39, 0.29) is 23.3 Å². The van der Waals surface area contributed by atoms with Crippen molar-refractivity contribution in [2.75, 3.05) is 5.32 Å². The predicted octanol–water partition coefficient (Wildman–Crippen LogP) is 3.50. The Morgan fingerprint density at radius 2 is 1.90 bits per heavy atom. The average Bonchev–Trinajstić information content (AvgIpc) is 3.22. The number of anilines is 1. The summed E-state index contributed by atoms with van der Waals surface area (Å²) in [5.74, 6) is -1.82. The molecule has 4 rings (SSSR count). The number of nitrogens with zero attached hydrogens (tertiary/aromatic N) is 2. The van der Waals surface area contributed by atoms with Crippen LogP contribution in [0.3, 0.4) is 0 Å². The average molecular weight is 423 g/mol. The zero-order valence-corrected chi connectivity index (χ0v) is 16.2. The summed E-state index contributed by atoms with van der Waals surface area (Å²) in [6, 6.07) is 12.9. The Bertz CT molecular complexity index is 1300. The van der Waals surface area contributed by atoms with Gasteiger partial charge in [0.2, 0.25) is 0 Å². The number of hydrogen-bond acceptors (Lipinski definition) is 6. The van der Waals surface area contributed by atoms with Gasteiger partial charge in [-0.15, -0.1) is 11.3 Å². The molecule has 0 unspecified atom stereocenters. The van der Waals surface area contributed by atoms with Crippen LogP contribution < -0.4 is 10.9 Å². The van der Waals surface area contributed by atoms with E-state index in [9.17, 15) is 18.8 Å². The number of rotatable bonds is 5. The Kier molecular flexibility index (Phi) is 5.36. The molecular weight excluding hydrogens is 409 g/mol. The molecule has 0 bridgehead atoms. The van der Waals surface area contributed by atoms with E-state index in [2.05, 4.69) is 10.3 Å². The predicted molar refractivity (Wildman–Crippen MR) is 109 cm³/mol. The number of amides is 1. The largest absolute Gasteiger partial charge is 0.456 e. The molecule has 0 fully saturated rings. The van der Waals surface area contributed by atoms with E-state index in [0.717, 1.165) is 0 Å². The molecule has 0 aliphatic carbocycles. The van der Waals surface area contributed by atoms with Crippen LogP contribution >= 0.6 is 11.3 Å². The number of carbonyl (C=O) groups excluding carboxylic acids is 2. The van der Waals surface area contributed by atoms with Crippen LogP contribution in [0.4, 0.5) is 10.1 Å². The van der Waals surface area contributed by atoms with Gasteiger partial charge in [-0.2, -0.15) is 0 Å². The molecule has 150 valence electrons. The van der Waals surface area contributed by atoms with Crippen LogP contribution in [0.25, 0.3) is 4.96 Å². The van der Waals surface area contributed by atoms with Crippen molar-refractivity contribution in [1.82, 2.24) is 9.38 Å². The maximum absolute atomic E-state index is 13.7. The normalized spacial score (nSPS) is 10.7. The Morgan fingerprint density at radius 3 is 2.67 bits per heavy atom. The first-order chi connectivity index (χ1) is 14.5. The van der Waals surface area contributed by atoms with Crippen molar-refractivity contribution in [3.8, 4) is 0 Å². The number of benzene rings is 2. The van der Waals surface area contributed by atoms with Gasteiger partial charge < -0.3 is 10.1 Å². The van der Waals surface area contributed by atoms with E-state index < -0.39 is 17.7 Å². The highest BCUT2D eigenvalue weighted by atomic mass is 32.1. The second-order valence-corrected chi connectivity index (χ2v) is 7.10. The zero-order chi connectivity index (χ0) is 21.1. The molecule has 0 atom stereocenters. The summed E-state index contributed by atoms with van der Waals surface area (Å²) in [5.41, 5.74) is 0.685. The third-order valence-electron chi connectivity index (χ3n) is 4.20. The molecule has 2 aromatic carbocycles. The zero-order valence-electron chi connectivity index (χ0n) is 15.4. The van der Waals surface area contributed by atoms with E-state index >= 15 is 0 Å². The Labute approximate surface area is 173 Å². The minimum Gasteiger partial charge on any atom is -0.456 e. The van der Waals surface area contributed by atoms with Crippen molar-refractivity contribution >= 4 is 33.9 Å². The highest BCUT2D eigenvalue weighted by Crippen LogP contribution is 2.14. The SMILES string of the molecule is O=C(OCc1cc(=O)n2ccsc2n1)c1ccc(NC(=O)c2ccccc2F)cc1. The van der Waals surface area contributed by atoms with Gasteiger partial charge in [0, 0.05) is 23.3 Å². The maximum atomic E-state index is 13.7. The molecule has 30 heavy (non-hydrogen) atoms. The maximum Gasteiger partial charge on any atom is 0.338 e. The lowest BCUT2D eigenvalue weighted by atomic mass is 10.1. The lowest BCUT2D eigenvalue weighted by Crippen LogP contribution is -2.15. The number of carbonyl (C=O) groups is 2.